The van der Waals surface area contributed by atoms with Gasteiger partial charge in [0.15, 0.2) is 0 Å². The van der Waals surface area contributed by atoms with Crippen LogP contribution in [0.2, 0.25) is 5.02 Å². The molecule has 1 aromatic carbocycles. The lowest BCUT2D eigenvalue weighted by Gasteiger charge is -2.26. The zero-order valence-corrected chi connectivity index (χ0v) is 16.5. The Morgan fingerprint density at radius 1 is 1.03 bits per heavy atom. The minimum atomic E-state index is -1.17. The van der Waals surface area contributed by atoms with Crippen molar-refractivity contribution < 1.29 is 19.5 Å². The summed E-state index contributed by atoms with van der Waals surface area (Å²) >= 11 is 6.25. The van der Waals surface area contributed by atoms with Crippen LogP contribution in [0.4, 0.5) is 5.69 Å². The number of hydrogen-bond donors (Lipinski definition) is 1. The van der Waals surface area contributed by atoms with Crippen molar-refractivity contribution in [3.63, 3.8) is 0 Å². The number of fused-ring (bicyclic) bond motifs is 2. The van der Waals surface area contributed by atoms with Gasteiger partial charge in [0, 0.05) is 36.5 Å². The Kier molecular flexibility index (Phi) is 5.25. The highest BCUT2D eigenvalue weighted by Gasteiger charge is 2.30. The summed E-state index contributed by atoms with van der Waals surface area (Å²) in [5.74, 6) is -2.18. The number of nitrogens with zero attached hydrogens (tertiary/aromatic N) is 2. The first-order valence-corrected chi connectivity index (χ1v) is 9.64. The van der Waals surface area contributed by atoms with Gasteiger partial charge in [0.05, 0.1) is 16.3 Å². The molecule has 30 heavy (non-hydrogen) atoms. The lowest BCUT2D eigenvalue weighted by Crippen LogP contribution is -2.38. The van der Waals surface area contributed by atoms with Crippen LogP contribution >= 0.6 is 11.6 Å². The first-order chi connectivity index (χ1) is 14.5. The number of carbonyl (C=O) groups excluding carboxylic acids is 2. The van der Waals surface area contributed by atoms with E-state index in [1.54, 1.807) is 18.2 Å². The SMILES string of the molecule is O=C(O)c1ccc(Cl)c(N2C(=O)C/C=C\C=C3/CC(=CC=C3n3cccc3)C2=O)c1. The van der Waals surface area contributed by atoms with Crippen LogP contribution in [-0.4, -0.2) is 27.5 Å². The number of rotatable bonds is 3. The topological polar surface area (TPSA) is 79.6 Å². The van der Waals surface area contributed by atoms with Crippen LogP contribution in [0.3, 0.4) is 0 Å². The van der Waals surface area contributed by atoms with Gasteiger partial charge in [0.25, 0.3) is 5.91 Å². The molecule has 0 spiro atoms. The van der Waals surface area contributed by atoms with Crippen LogP contribution in [0, 0.1) is 0 Å². The summed E-state index contributed by atoms with van der Waals surface area (Å²) in [6.45, 7) is 0. The van der Waals surface area contributed by atoms with Gasteiger partial charge >= 0.3 is 5.97 Å². The molecule has 150 valence electrons. The number of benzene rings is 1. The van der Waals surface area contributed by atoms with E-state index in [2.05, 4.69) is 0 Å². The molecule has 2 aliphatic rings. The molecule has 1 aliphatic heterocycles. The normalized spacial score (nSPS) is 19.5. The van der Waals surface area contributed by atoms with E-state index in [1.165, 1.54) is 18.2 Å². The molecule has 0 saturated carbocycles. The molecule has 6 nitrogen and oxygen atoms in total. The fraction of sp³-hybridized carbons (Fsp3) is 0.0870. The van der Waals surface area contributed by atoms with Crippen LogP contribution in [0.1, 0.15) is 23.2 Å². The predicted molar refractivity (Wildman–Crippen MR) is 114 cm³/mol. The summed E-state index contributed by atoms with van der Waals surface area (Å²) in [4.78, 5) is 38.6. The van der Waals surface area contributed by atoms with Crippen molar-refractivity contribution in [2.24, 2.45) is 0 Å². The van der Waals surface area contributed by atoms with Crippen LogP contribution in [0.25, 0.3) is 5.70 Å². The minimum Gasteiger partial charge on any atom is -0.478 e. The van der Waals surface area contributed by atoms with Crippen LogP contribution in [-0.2, 0) is 9.59 Å². The Morgan fingerprint density at radius 3 is 2.53 bits per heavy atom. The molecule has 7 heteroatoms. The fourth-order valence-corrected chi connectivity index (χ4v) is 3.64. The van der Waals surface area contributed by atoms with E-state index in [0.717, 1.165) is 16.2 Å². The second kappa shape index (κ2) is 8.00. The molecular weight excluding hydrogens is 404 g/mol. The molecule has 2 heterocycles. The second-order valence-corrected chi connectivity index (χ2v) is 7.25. The first-order valence-electron chi connectivity index (χ1n) is 9.26. The summed E-state index contributed by atoms with van der Waals surface area (Å²) in [6.07, 6.45) is 13.0. The third-order valence-corrected chi connectivity index (χ3v) is 5.24. The standard InChI is InChI=1S/C23H17ClN2O4/c24-18-9-7-17(23(29)30)14-20(18)26-21(27)6-2-1-5-15-13-16(22(26)28)8-10-19(15)25-11-3-4-12-25/h1-5,7-12,14H,6,13H2,(H,29,30)/b2-1-,15-5+. The predicted octanol–water partition coefficient (Wildman–Crippen LogP) is 4.46. The van der Waals surface area contributed by atoms with Gasteiger partial charge in [0.1, 0.15) is 0 Å². The van der Waals surface area contributed by atoms with E-state index < -0.39 is 17.8 Å². The summed E-state index contributed by atoms with van der Waals surface area (Å²) in [6, 6.07) is 7.79. The van der Waals surface area contributed by atoms with Crippen molar-refractivity contribution in [1.82, 2.24) is 4.57 Å². The van der Waals surface area contributed by atoms with E-state index in [9.17, 15) is 19.5 Å². The number of aromatic carboxylic acids is 1. The van der Waals surface area contributed by atoms with Crippen LogP contribution < -0.4 is 4.90 Å². The monoisotopic (exact) mass is 420 g/mol. The van der Waals surface area contributed by atoms with Crippen molar-refractivity contribution >= 4 is 40.8 Å². The number of allylic oxidation sites excluding steroid dienone is 6. The lowest BCUT2D eigenvalue weighted by molar-refractivity contribution is -0.124. The smallest absolute Gasteiger partial charge is 0.335 e. The van der Waals surface area contributed by atoms with E-state index >= 15 is 0 Å². The Balaban J connectivity index is 1.82. The number of aromatic nitrogens is 1. The average Bonchev–Trinajstić information content (AvgIpc) is 3.26. The Morgan fingerprint density at radius 2 is 1.80 bits per heavy atom. The molecule has 2 bridgehead atoms. The van der Waals surface area contributed by atoms with Crippen molar-refractivity contribution in [2.75, 3.05) is 4.90 Å². The summed E-state index contributed by atoms with van der Waals surface area (Å²) in [5, 5.41) is 9.43. The molecule has 2 aromatic rings. The molecule has 0 radical (unpaired) electrons. The average molecular weight is 421 g/mol. The highest BCUT2D eigenvalue weighted by Crippen LogP contribution is 2.34. The summed E-state index contributed by atoms with van der Waals surface area (Å²) in [7, 11) is 0. The third kappa shape index (κ3) is 3.65. The molecule has 1 aliphatic carbocycles. The van der Waals surface area contributed by atoms with Gasteiger partial charge in [-0.3, -0.25) is 9.59 Å². The highest BCUT2D eigenvalue weighted by atomic mass is 35.5. The van der Waals surface area contributed by atoms with Crippen molar-refractivity contribution in [2.45, 2.75) is 12.8 Å². The third-order valence-electron chi connectivity index (χ3n) is 4.92. The van der Waals surface area contributed by atoms with Gasteiger partial charge < -0.3 is 9.67 Å². The maximum Gasteiger partial charge on any atom is 0.335 e. The number of carbonyl (C=O) groups is 3. The maximum atomic E-state index is 13.4. The molecule has 1 N–H and O–H groups in total. The number of hydrogen-bond acceptors (Lipinski definition) is 3. The van der Waals surface area contributed by atoms with E-state index in [-0.39, 0.29) is 22.7 Å². The Labute approximate surface area is 177 Å². The molecule has 2 amide bonds. The van der Waals surface area contributed by atoms with Gasteiger partial charge in [-0.2, -0.15) is 0 Å². The minimum absolute atomic E-state index is 0.0288. The molecule has 1 aromatic heterocycles. The zero-order chi connectivity index (χ0) is 21.3. The number of carboxylic acids is 1. The quantitative estimate of drug-likeness (QED) is 0.743. The maximum absolute atomic E-state index is 13.4. The lowest BCUT2D eigenvalue weighted by atomic mass is 9.94. The van der Waals surface area contributed by atoms with Crippen LogP contribution in [0.15, 0.2) is 84.3 Å². The van der Waals surface area contributed by atoms with E-state index in [4.69, 9.17) is 11.6 Å². The van der Waals surface area contributed by atoms with Gasteiger partial charge in [-0.05, 0) is 42.0 Å². The first kappa shape index (κ1) is 19.7. The summed E-state index contributed by atoms with van der Waals surface area (Å²) < 4.78 is 1.96. The molecular formula is C23H17ClN2O4. The van der Waals surface area contributed by atoms with E-state index in [0.29, 0.717) is 12.0 Å². The molecule has 0 atom stereocenters. The van der Waals surface area contributed by atoms with Gasteiger partial charge in [-0.15, -0.1) is 0 Å². The number of imide groups is 1. The van der Waals surface area contributed by atoms with Crippen molar-refractivity contribution in [3.8, 4) is 0 Å². The van der Waals surface area contributed by atoms with Gasteiger partial charge in [-0.25, -0.2) is 9.69 Å². The molecule has 0 fully saturated rings. The number of anilines is 1. The largest absolute Gasteiger partial charge is 0.478 e. The van der Waals surface area contributed by atoms with Crippen molar-refractivity contribution in [3.05, 3.63) is 94.8 Å². The second-order valence-electron chi connectivity index (χ2n) is 6.84. The summed E-state index contributed by atoms with van der Waals surface area (Å²) in [5.41, 5.74) is 2.28. The number of carboxylic acid groups (broad SMARTS) is 1. The van der Waals surface area contributed by atoms with Gasteiger partial charge in [0.2, 0.25) is 5.91 Å². The zero-order valence-electron chi connectivity index (χ0n) is 15.8. The van der Waals surface area contributed by atoms with E-state index in [1.807, 2.05) is 41.2 Å². The molecule has 0 unspecified atom stereocenters. The molecule has 4 rings (SSSR count). The molecule has 0 saturated heterocycles. The number of halogens is 1. The van der Waals surface area contributed by atoms with Gasteiger partial charge in [-0.1, -0.05) is 35.9 Å². The highest BCUT2D eigenvalue weighted by molar-refractivity contribution is 6.36. The Bertz CT molecular complexity index is 1170. The fourth-order valence-electron chi connectivity index (χ4n) is 3.44. The van der Waals surface area contributed by atoms with Crippen LogP contribution in [0.5, 0.6) is 0 Å². The number of amides is 2. The van der Waals surface area contributed by atoms with Crippen molar-refractivity contribution in [1.29, 1.82) is 0 Å². The Hall–Kier alpha value is -3.64.